The quantitative estimate of drug-likeness (QED) is 0.451. The van der Waals surface area contributed by atoms with Crippen molar-refractivity contribution in [3.63, 3.8) is 0 Å². The lowest BCUT2D eigenvalue weighted by atomic mass is 10.0. The lowest BCUT2D eigenvalue weighted by Gasteiger charge is -2.05. The number of benzene rings is 3. The summed E-state index contributed by atoms with van der Waals surface area (Å²) in [7, 11) is 0. The molecule has 0 aliphatic rings. The summed E-state index contributed by atoms with van der Waals surface area (Å²) in [6.45, 7) is 4.00. The van der Waals surface area contributed by atoms with Gasteiger partial charge < -0.3 is 10.2 Å². The summed E-state index contributed by atoms with van der Waals surface area (Å²) in [5, 5.41) is 23.0. The van der Waals surface area contributed by atoms with Gasteiger partial charge in [0.15, 0.2) is 0 Å². The van der Waals surface area contributed by atoms with Crippen molar-refractivity contribution in [2.75, 3.05) is 0 Å². The van der Waals surface area contributed by atoms with Gasteiger partial charge in [0.25, 0.3) is 0 Å². The van der Waals surface area contributed by atoms with Crippen LogP contribution in [0.3, 0.4) is 0 Å². The molecule has 3 rings (SSSR count). The number of phenols is 2. The number of rotatable bonds is 0. The van der Waals surface area contributed by atoms with E-state index in [1.165, 1.54) is 12.1 Å². The summed E-state index contributed by atoms with van der Waals surface area (Å²) >= 11 is 0. The van der Waals surface area contributed by atoms with Crippen LogP contribution < -0.4 is 0 Å². The molecule has 0 saturated heterocycles. The van der Waals surface area contributed by atoms with Crippen molar-refractivity contribution in [3.8, 4) is 11.5 Å². The molecule has 0 unspecified atom stereocenters. The van der Waals surface area contributed by atoms with E-state index in [0.717, 1.165) is 10.8 Å². The molecule has 0 aliphatic carbocycles. The molecule has 0 spiro atoms. The molecule has 0 atom stereocenters. The molecule has 2 nitrogen and oxygen atoms in total. The molecule has 2 heteroatoms. The van der Waals surface area contributed by atoms with E-state index in [1.807, 2.05) is 50.2 Å². The second-order valence-electron chi connectivity index (χ2n) is 3.85. The topological polar surface area (TPSA) is 40.5 Å². The first-order valence-corrected chi connectivity index (χ1v) is 6.09. The highest BCUT2D eigenvalue weighted by Crippen LogP contribution is 2.34. The van der Waals surface area contributed by atoms with Gasteiger partial charge in [0.05, 0.1) is 0 Å². The third kappa shape index (κ3) is 1.97. The summed E-state index contributed by atoms with van der Waals surface area (Å²) in [5.41, 5.74) is 0. The molecule has 18 heavy (non-hydrogen) atoms. The Bertz CT molecular complexity index is 627. The molecule has 92 valence electrons. The predicted molar refractivity (Wildman–Crippen MR) is 76.1 cm³/mol. The van der Waals surface area contributed by atoms with Gasteiger partial charge in [-0.15, -0.1) is 0 Å². The fourth-order valence-electron chi connectivity index (χ4n) is 2.00. The van der Waals surface area contributed by atoms with E-state index in [4.69, 9.17) is 0 Å². The van der Waals surface area contributed by atoms with Crippen LogP contribution >= 0.6 is 0 Å². The molecule has 0 heterocycles. The zero-order valence-electron chi connectivity index (χ0n) is 10.5. The van der Waals surface area contributed by atoms with Gasteiger partial charge in [0.2, 0.25) is 0 Å². The Morgan fingerprint density at radius 3 is 1.44 bits per heavy atom. The summed E-state index contributed by atoms with van der Waals surface area (Å²) in [6.07, 6.45) is 0. The molecular formula is C16H16O2. The Balaban J connectivity index is 0.000000574. The Kier molecular flexibility index (Phi) is 3.38. The Hall–Kier alpha value is -2.22. The van der Waals surface area contributed by atoms with Gasteiger partial charge in [-0.3, -0.25) is 0 Å². The van der Waals surface area contributed by atoms with E-state index in [9.17, 15) is 10.2 Å². The SMILES string of the molecule is CC.Oc1ccc(O)c2cc3ccccc3cc12. The van der Waals surface area contributed by atoms with Crippen LogP contribution in [0.15, 0.2) is 48.5 Å². The first kappa shape index (κ1) is 12.2. The maximum absolute atomic E-state index is 9.74. The van der Waals surface area contributed by atoms with Gasteiger partial charge in [-0.1, -0.05) is 38.1 Å². The van der Waals surface area contributed by atoms with Crippen molar-refractivity contribution in [3.05, 3.63) is 48.5 Å². The van der Waals surface area contributed by atoms with Crippen LogP contribution in [0.5, 0.6) is 11.5 Å². The monoisotopic (exact) mass is 240 g/mol. The van der Waals surface area contributed by atoms with Gasteiger partial charge in [-0.2, -0.15) is 0 Å². The minimum Gasteiger partial charge on any atom is -0.507 e. The summed E-state index contributed by atoms with van der Waals surface area (Å²) in [6, 6.07) is 14.7. The number of aromatic hydroxyl groups is 2. The largest absolute Gasteiger partial charge is 0.507 e. The van der Waals surface area contributed by atoms with E-state index in [-0.39, 0.29) is 11.5 Å². The Morgan fingerprint density at radius 1 is 0.667 bits per heavy atom. The third-order valence-electron chi connectivity index (χ3n) is 2.84. The van der Waals surface area contributed by atoms with E-state index in [2.05, 4.69) is 0 Å². The molecule has 0 radical (unpaired) electrons. The fraction of sp³-hybridized carbons (Fsp3) is 0.125. The van der Waals surface area contributed by atoms with Gasteiger partial charge in [-0.25, -0.2) is 0 Å². The summed E-state index contributed by atoms with van der Waals surface area (Å²) < 4.78 is 0. The smallest absolute Gasteiger partial charge is 0.123 e. The normalized spacial score (nSPS) is 10.1. The maximum atomic E-state index is 9.74. The zero-order chi connectivity index (χ0) is 13.1. The van der Waals surface area contributed by atoms with Crippen LogP contribution in [-0.4, -0.2) is 10.2 Å². The average molecular weight is 240 g/mol. The molecular weight excluding hydrogens is 224 g/mol. The van der Waals surface area contributed by atoms with Gasteiger partial charge in [0.1, 0.15) is 11.5 Å². The molecule has 0 aliphatic heterocycles. The van der Waals surface area contributed by atoms with Crippen molar-refractivity contribution in [2.45, 2.75) is 13.8 Å². The van der Waals surface area contributed by atoms with E-state index in [1.54, 1.807) is 0 Å². The molecule has 0 fully saturated rings. The molecule has 3 aromatic rings. The average Bonchev–Trinajstić information content (AvgIpc) is 2.44. The van der Waals surface area contributed by atoms with Crippen LogP contribution in [0, 0.1) is 0 Å². The fourth-order valence-corrected chi connectivity index (χ4v) is 2.00. The molecule has 2 N–H and O–H groups in total. The molecule has 3 aromatic carbocycles. The minimum atomic E-state index is 0.193. The first-order chi connectivity index (χ1) is 8.75. The molecule has 0 saturated carbocycles. The van der Waals surface area contributed by atoms with E-state index >= 15 is 0 Å². The van der Waals surface area contributed by atoms with Gasteiger partial charge in [-0.05, 0) is 35.0 Å². The Morgan fingerprint density at radius 2 is 1.06 bits per heavy atom. The van der Waals surface area contributed by atoms with Crippen LogP contribution in [0.4, 0.5) is 0 Å². The number of phenolic OH excluding ortho intramolecular Hbond substituents is 2. The molecule has 0 amide bonds. The first-order valence-electron chi connectivity index (χ1n) is 6.09. The third-order valence-corrected chi connectivity index (χ3v) is 2.84. The standard InChI is InChI=1S/C14H10O2.C2H6/c15-13-5-6-14(16)12-8-10-4-2-1-3-9(10)7-11(12)13;1-2/h1-8,15-16H;1-2H3. The van der Waals surface area contributed by atoms with Crippen molar-refractivity contribution >= 4 is 21.5 Å². The summed E-state index contributed by atoms with van der Waals surface area (Å²) in [5.74, 6) is 0.386. The predicted octanol–water partition coefficient (Wildman–Crippen LogP) is 4.43. The van der Waals surface area contributed by atoms with Crippen LogP contribution in [0.2, 0.25) is 0 Å². The maximum Gasteiger partial charge on any atom is 0.123 e. The second-order valence-corrected chi connectivity index (χ2v) is 3.85. The molecule has 0 bridgehead atoms. The van der Waals surface area contributed by atoms with Crippen LogP contribution in [0.1, 0.15) is 13.8 Å². The van der Waals surface area contributed by atoms with Crippen LogP contribution in [-0.2, 0) is 0 Å². The second kappa shape index (κ2) is 4.96. The lowest BCUT2D eigenvalue weighted by Crippen LogP contribution is -1.78. The van der Waals surface area contributed by atoms with Crippen molar-refractivity contribution in [2.24, 2.45) is 0 Å². The van der Waals surface area contributed by atoms with Crippen molar-refractivity contribution < 1.29 is 10.2 Å². The number of fused-ring (bicyclic) bond motifs is 2. The lowest BCUT2D eigenvalue weighted by molar-refractivity contribution is 0.469. The highest BCUT2D eigenvalue weighted by atomic mass is 16.3. The number of hydrogen-bond donors (Lipinski definition) is 2. The Labute approximate surface area is 106 Å². The molecule has 0 aromatic heterocycles. The zero-order valence-corrected chi connectivity index (χ0v) is 10.5. The highest BCUT2D eigenvalue weighted by molar-refractivity contribution is 6.03. The number of hydrogen-bond acceptors (Lipinski definition) is 2. The van der Waals surface area contributed by atoms with Gasteiger partial charge in [0, 0.05) is 10.8 Å². The van der Waals surface area contributed by atoms with E-state index in [0.29, 0.717) is 10.8 Å². The highest BCUT2D eigenvalue weighted by Gasteiger charge is 2.05. The van der Waals surface area contributed by atoms with Crippen molar-refractivity contribution in [1.82, 2.24) is 0 Å². The minimum absolute atomic E-state index is 0.193. The van der Waals surface area contributed by atoms with Gasteiger partial charge >= 0.3 is 0 Å². The van der Waals surface area contributed by atoms with Crippen molar-refractivity contribution in [1.29, 1.82) is 0 Å². The van der Waals surface area contributed by atoms with Crippen LogP contribution in [0.25, 0.3) is 21.5 Å². The van der Waals surface area contributed by atoms with E-state index < -0.39 is 0 Å². The summed E-state index contributed by atoms with van der Waals surface area (Å²) in [4.78, 5) is 0.